The van der Waals surface area contributed by atoms with Crippen LogP contribution in [0.1, 0.15) is 0 Å². The first kappa shape index (κ1) is 38.0. The lowest BCUT2D eigenvalue weighted by molar-refractivity contribution is 1.18. The molecule has 3 heteroatoms. The van der Waals surface area contributed by atoms with Crippen molar-refractivity contribution in [3.05, 3.63) is 249 Å². The summed E-state index contributed by atoms with van der Waals surface area (Å²) in [5.41, 5.74) is 20.6. The molecule has 0 aliphatic heterocycles. The highest BCUT2D eigenvalue weighted by Gasteiger charge is 2.19. The molecule has 320 valence electrons. The molecular weight excluding hydrogens is 835 g/mol. The van der Waals surface area contributed by atoms with Crippen LogP contribution in [0.5, 0.6) is 0 Å². The van der Waals surface area contributed by atoms with E-state index in [0.29, 0.717) is 0 Å². The smallest absolute Gasteiger partial charge is 0.0620 e. The summed E-state index contributed by atoms with van der Waals surface area (Å²) in [6, 6.07) is 91.6. The molecule has 0 spiro atoms. The summed E-state index contributed by atoms with van der Waals surface area (Å²) in [4.78, 5) is 0. The minimum absolute atomic E-state index is 1.15. The van der Waals surface area contributed by atoms with Gasteiger partial charge in [-0.25, -0.2) is 0 Å². The number of nitrogens with zero attached hydrogens (tertiary/aromatic N) is 3. The number of fused-ring (bicyclic) bond motifs is 12. The van der Waals surface area contributed by atoms with E-state index in [2.05, 4.69) is 262 Å². The molecule has 0 aliphatic carbocycles. The Labute approximate surface area is 397 Å². The van der Waals surface area contributed by atoms with Crippen molar-refractivity contribution in [2.24, 2.45) is 0 Å². The number of hydrogen-bond donors (Lipinski definition) is 0. The number of hydrogen-bond acceptors (Lipinski definition) is 0. The number of benzene rings is 11. The van der Waals surface area contributed by atoms with Crippen LogP contribution in [0.15, 0.2) is 249 Å². The standard InChI is InChI=1S/C66H41N3/c1-2-11-42(12-3-1)43-21-23-44(24-22-43)45-25-32-50(33-26-45)67-60-18-7-5-14-53(60)58-39-47(30-37-63(58)67)48-31-38-64-59(40-48)54-15-6-8-19-61(54)68(64)51-34-27-46(28-35-51)49-29-36-55-57-17-10-16-56-52-13-4-9-20-62(52)69(66(56)57)65(55)41-49/h1-41H. The molecule has 15 aromatic rings. The number of rotatable bonds is 6. The average Bonchev–Trinajstić information content (AvgIpc) is 4.15. The van der Waals surface area contributed by atoms with Crippen molar-refractivity contribution in [2.45, 2.75) is 0 Å². The van der Waals surface area contributed by atoms with Gasteiger partial charge in [0.25, 0.3) is 0 Å². The van der Waals surface area contributed by atoms with Gasteiger partial charge in [0.2, 0.25) is 0 Å². The first-order chi connectivity index (χ1) is 34.2. The largest absolute Gasteiger partial charge is 0.309 e. The van der Waals surface area contributed by atoms with Crippen molar-refractivity contribution in [1.82, 2.24) is 13.5 Å². The third kappa shape index (κ3) is 5.68. The van der Waals surface area contributed by atoms with E-state index in [1.165, 1.54) is 126 Å². The van der Waals surface area contributed by atoms with Gasteiger partial charge in [-0.05, 0) is 117 Å². The summed E-state index contributed by atoms with van der Waals surface area (Å²) < 4.78 is 7.29. The van der Waals surface area contributed by atoms with Crippen molar-refractivity contribution >= 4 is 81.7 Å². The lowest BCUT2D eigenvalue weighted by atomic mass is 10.00. The van der Waals surface area contributed by atoms with E-state index < -0.39 is 0 Å². The Balaban J connectivity index is 0.779. The Morgan fingerprint density at radius 2 is 0.536 bits per heavy atom. The fraction of sp³-hybridized carbons (Fsp3) is 0. The predicted molar refractivity (Wildman–Crippen MR) is 292 cm³/mol. The molecule has 0 fully saturated rings. The Morgan fingerprint density at radius 3 is 1.07 bits per heavy atom. The highest BCUT2D eigenvalue weighted by molar-refractivity contribution is 6.23. The highest BCUT2D eigenvalue weighted by Crippen LogP contribution is 2.42. The maximum atomic E-state index is 2.46. The number of para-hydroxylation sites is 4. The zero-order valence-electron chi connectivity index (χ0n) is 37.5. The molecule has 0 unspecified atom stereocenters. The van der Waals surface area contributed by atoms with E-state index in [1.807, 2.05) is 0 Å². The minimum atomic E-state index is 1.15. The summed E-state index contributed by atoms with van der Waals surface area (Å²) in [6.45, 7) is 0. The molecule has 0 N–H and O–H groups in total. The van der Waals surface area contributed by atoms with E-state index in [9.17, 15) is 0 Å². The quantitative estimate of drug-likeness (QED) is 0.158. The molecule has 0 saturated heterocycles. The van der Waals surface area contributed by atoms with Gasteiger partial charge in [0.05, 0.1) is 38.6 Å². The van der Waals surface area contributed by atoms with Crippen LogP contribution in [0.4, 0.5) is 0 Å². The van der Waals surface area contributed by atoms with Crippen molar-refractivity contribution in [1.29, 1.82) is 0 Å². The Kier molecular flexibility index (Phi) is 8.07. The van der Waals surface area contributed by atoms with Crippen LogP contribution in [0.2, 0.25) is 0 Å². The maximum Gasteiger partial charge on any atom is 0.0620 e. The monoisotopic (exact) mass is 875 g/mol. The molecule has 0 saturated carbocycles. The summed E-state index contributed by atoms with van der Waals surface area (Å²) in [5, 5.41) is 10.2. The van der Waals surface area contributed by atoms with Crippen LogP contribution in [-0.2, 0) is 0 Å². The molecule has 0 aliphatic rings. The van der Waals surface area contributed by atoms with Gasteiger partial charge in [-0.15, -0.1) is 0 Å². The second-order valence-electron chi connectivity index (χ2n) is 18.5. The Bertz CT molecular complexity index is 4490. The van der Waals surface area contributed by atoms with Crippen molar-refractivity contribution in [3.8, 4) is 55.9 Å². The molecule has 0 bridgehead atoms. The van der Waals surface area contributed by atoms with Gasteiger partial charge >= 0.3 is 0 Å². The second kappa shape index (κ2) is 14.7. The van der Waals surface area contributed by atoms with Gasteiger partial charge < -0.3 is 13.5 Å². The Morgan fingerprint density at radius 1 is 0.188 bits per heavy atom. The predicted octanol–water partition coefficient (Wildman–Crippen LogP) is 17.7. The minimum Gasteiger partial charge on any atom is -0.309 e. The topological polar surface area (TPSA) is 14.3 Å². The van der Waals surface area contributed by atoms with Gasteiger partial charge in [0.1, 0.15) is 0 Å². The number of aromatic nitrogens is 3. The highest BCUT2D eigenvalue weighted by atomic mass is 15.0. The third-order valence-corrected chi connectivity index (χ3v) is 14.8. The van der Waals surface area contributed by atoms with E-state index in [-0.39, 0.29) is 0 Å². The van der Waals surface area contributed by atoms with Crippen molar-refractivity contribution in [3.63, 3.8) is 0 Å². The van der Waals surface area contributed by atoms with Crippen LogP contribution in [0.3, 0.4) is 0 Å². The van der Waals surface area contributed by atoms with Crippen LogP contribution >= 0.6 is 0 Å². The zero-order chi connectivity index (χ0) is 45.2. The van der Waals surface area contributed by atoms with E-state index in [0.717, 1.165) is 11.4 Å². The normalized spacial score (nSPS) is 12.1. The fourth-order valence-corrected chi connectivity index (χ4v) is 11.6. The molecular formula is C66H41N3. The third-order valence-electron chi connectivity index (χ3n) is 14.8. The van der Waals surface area contributed by atoms with Gasteiger partial charge in [-0.3, -0.25) is 0 Å². The maximum absolute atomic E-state index is 2.46. The summed E-state index contributed by atoms with van der Waals surface area (Å²) in [7, 11) is 0. The molecule has 4 aromatic heterocycles. The first-order valence-electron chi connectivity index (χ1n) is 23.8. The lowest BCUT2D eigenvalue weighted by Crippen LogP contribution is -1.94. The van der Waals surface area contributed by atoms with E-state index >= 15 is 0 Å². The average molecular weight is 876 g/mol. The molecule has 0 amide bonds. The van der Waals surface area contributed by atoms with E-state index in [4.69, 9.17) is 0 Å². The van der Waals surface area contributed by atoms with Gasteiger partial charge in [0, 0.05) is 54.5 Å². The van der Waals surface area contributed by atoms with Crippen LogP contribution in [-0.4, -0.2) is 13.5 Å². The lowest BCUT2D eigenvalue weighted by Gasteiger charge is -2.11. The van der Waals surface area contributed by atoms with Crippen LogP contribution in [0.25, 0.3) is 138 Å². The summed E-state index contributed by atoms with van der Waals surface area (Å²) >= 11 is 0. The first-order valence-corrected chi connectivity index (χ1v) is 23.8. The summed E-state index contributed by atoms with van der Waals surface area (Å²) in [5.74, 6) is 0. The zero-order valence-corrected chi connectivity index (χ0v) is 37.5. The van der Waals surface area contributed by atoms with Gasteiger partial charge in [-0.1, -0.05) is 176 Å². The molecule has 69 heavy (non-hydrogen) atoms. The molecule has 15 rings (SSSR count). The Hall–Kier alpha value is -9.18. The second-order valence-corrected chi connectivity index (χ2v) is 18.5. The fourth-order valence-electron chi connectivity index (χ4n) is 11.6. The summed E-state index contributed by atoms with van der Waals surface area (Å²) in [6.07, 6.45) is 0. The van der Waals surface area contributed by atoms with Crippen LogP contribution in [0, 0.1) is 0 Å². The van der Waals surface area contributed by atoms with Gasteiger partial charge in [0.15, 0.2) is 0 Å². The van der Waals surface area contributed by atoms with Crippen molar-refractivity contribution < 1.29 is 0 Å². The molecule has 11 aromatic carbocycles. The molecule has 0 radical (unpaired) electrons. The van der Waals surface area contributed by atoms with E-state index in [1.54, 1.807) is 0 Å². The van der Waals surface area contributed by atoms with Gasteiger partial charge in [-0.2, -0.15) is 0 Å². The molecule has 0 atom stereocenters. The van der Waals surface area contributed by atoms with Crippen LogP contribution < -0.4 is 0 Å². The van der Waals surface area contributed by atoms with Crippen molar-refractivity contribution in [2.75, 3.05) is 0 Å². The molecule has 4 heterocycles. The molecule has 3 nitrogen and oxygen atoms in total. The SMILES string of the molecule is c1ccc(-c2ccc(-c3ccc(-n4c5ccccc5c5cc(-c6ccc7c(c6)c6ccccc6n7-c6ccc(-c7ccc8c9cccc%10c%11ccccc%11n(c8c7)c%109)cc6)ccc54)cc3)cc2)cc1.